The number of carbonyl (C=O) groups is 2. The lowest BCUT2D eigenvalue weighted by molar-refractivity contribution is -0.151. The number of amides is 1. The first-order valence-electron chi connectivity index (χ1n) is 9.74. The predicted octanol–water partition coefficient (Wildman–Crippen LogP) is 4.30. The normalized spacial score (nSPS) is 21.2. The molecule has 2 heterocycles. The van der Waals surface area contributed by atoms with Crippen LogP contribution in [0.3, 0.4) is 0 Å². The van der Waals surface area contributed by atoms with Gasteiger partial charge in [-0.05, 0) is 41.8 Å². The summed E-state index contributed by atoms with van der Waals surface area (Å²) in [6.45, 7) is 2.51. The molecule has 0 saturated carbocycles. The van der Waals surface area contributed by atoms with Crippen molar-refractivity contribution in [3.8, 4) is 11.5 Å². The fraction of sp³-hybridized carbons (Fsp3) is 0.364. The number of esters is 1. The summed E-state index contributed by atoms with van der Waals surface area (Å²) < 4.78 is 21.7. The summed E-state index contributed by atoms with van der Waals surface area (Å²) in [5.74, 6) is 0.518. The third-order valence-electron chi connectivity index (χ3n) is 5.30. The van der Waals surface area contributed by atoms with Crippen LogP contribution in [0.4, 0.5) is 4.79 Å². The van der Waals surface area contributed by atoms with Crippen molar-refractivity contribution in [2.45, 2.75) is 31.6 Å². The number of hydrogen-bond acceptors (Lipinski definition) is 6. The minimum Gasteiger partial charge on any atom is -0.485 e. The van der Waals surface area contributed by atoms with E-state index in [9.17, 15) is 9.59 Å². The highest BCUT2D eigenvalue weighted by molar-refractivity contribution is 6.30. The molecule has 1 amide bonds. The van der Waals surface area contributed by atoms with Crippen LogP contribution >= 0.6 is 11.6 Å². The fourth-order valence-electron chi connectivity index (χ4n) is 3.79. The summed E-state index contributed by atoms with van der Waals surface area (Å²) in [6.07, 6.45) is -0.833. The highest BCUT2D eigenvalue weighted by Gasteiger charge is 2.37. The van der Waals surface area contributed by atoms with E-state index in [1.807, 2.05) is 37.3 Å². The van der Waals surface area contributed by atoms with E-state index in [-0.39, 0.29) is 24.8 Å². The van der Waals surface area contributed by atoms with Crippen LogP contribution in [-0.2, 0) is 14.3 Å². The minimum absolute atomic E-state index is 0.0719. The van der Waals surface area contributed by atoms with E-state index in [4.69, 9.17) is 30.5 Å². The van der Waals surface area contributed by atoms with Crippen LogP contribution in [0.15, 0.2) is 42.5 Å². The summed E-state index contributed by atoms with van der Waals surface area (Å²) >= 11 is 6.08. The topological polar surface area (TPSA) is 74.3 Å². The number of hydrogen-bond donors (Lipinski definition) is 0. The van der Waals surface area contributed by atoms with Gasteiger partial charge in [0.15, 0.2) is 11.5 Å². The highest BCUT2D eigenvalue weighted by atomic mass is 35.5. The van der Waals surface area contributed by atoms with E-state index in [0.717, 1.165) is 11.1 Å². The molecule has 2 aliphatic rings. The van der Waals surface area contributed by atoms with E-state index >= 15 is 0 Å². The SMILES string of the molecule is CCC(c1ccc2c(c1)OCC(C(=O)OC)O2)N1CC(c2cccc(Cl)c2)OC1=O. The molecule has 3 unspecified atom stereocenters. The van der Waals surface area contributed by atoms with Crippen molar-refractivity contribution in [2.75, 3.05) is 20.3 Å². The first-order chi connectivity index (χ1) is 14.5. The Morgan fingerprint density at radius 3 is 2.80 bits per heavy atom. The maximum absolute atomic E-state index is 12.6. The first-order valence-corrected chi connectivity index (χ1v) is 10.1. The van der Waals surface area contributed by atoms with E-state index in [2.05, 4.69) is 0 Å². The maximum atomic E-state index is 12.6. The Morgan fingerprint density at radius 2 is 2.07 bits per heavy atom. The zero-order valence-electron chi connectivity index (χ0n) is 16.7. The number of fused-ring (bicyclic) bond motifs is 1. The van der Waals surface area contributed by atoms with Crippen molar-refractivity contribution in [2.24, 2.45) is 0 Å². The number of nitrogens with zero attached hydrogens (tertiary/aromatic N) is 1. The zero-order chi connectivity index (χ0) is 21.3. The Morgan fingerprint density at radius 1 is 1.23 bits per heavy atom. The molecule has 7 nitrogen and oxygen atoms in total. The number of halogens is 1. The van der Waals surface area contributed by atoms with Gasteiger partial charge in [0.25, 0.3) is 0 Å². The molecule has 2 aromatic carbocycles. The minimum atomic E-state index is -0.790. The molecule has 2 aromatic rings. The van der Waals surface area contributed by atoms with E-state index < -0.39 is 12.1 Å². The third kappa shape index (κ3) is 3.89. The van der Waals surface area contributed by atoms with Gasteiger partial charge in [0.1, 0.15) is 12.7 Å². The fourth-order valence-corrected chi connectivity index (χ4v) is 3.99. The van der Waals surface area contributed by atoms with Crippen LogP contribution in [0.1, 0.15) is 36.6 Å². The molecule has 1 saturated heterocycles. The summed E-state index contributed by atoms with van der Waals surface area (Å²) in [7, 11) is 1.31. The van der Waals surface area contributed by atoms with Gasteiger partial charge in [-0.15, -0.1) is 0 Å². The second kappa shape index (κ2) is 8.44. The molecular formula is C22H22ClNO6. The van der Waals surface area contributed by atoms with Gasteiger partial charge in [0.2, 0.25) is 6.10 Å². The van der Waals surface area contributed by atoms with E-state index in [0.29, 0.717) is 29.5 Å². The largest absolute Gasteiger partial charge is 0.485 e. The highest BCUT2D eigenvalue weighted by Crippen LogP contribution is 2.39. The standard InChI is InChI=1S/C22H22ClNO6/c1-3-16(24-11-19(30-22(24)26)14-5-4-6-15(23)9-14)13-7-8-17-18(10-13)28-12-20(29-17)21(25)27-2/h4-10,16,19-20H,3,11-12H2,1-2H3. The molecule has 0 N–H and O–H groups in total. The van der Waals surface area contributed by atoms with E-state index in [1.54, 1.807) is 17.0 Å². The Labute approximate surface area is 179 Å². The van der Waals surface area contributed by atoms with Crippen LogP contribution in [0.2, 0.25) is 5.02 Å². The van der Waals surface area contributed by atoms with Crippen LogP contribution in [0.25, 0.3) is 0 Å². The van der Waals surface area contributed by atoms with Gasteiger partial charge in [0, 0.05) is 5.02 Å². The van der Waals surface area contributed by atoms with Gasteiger partial charge in [0.05, 0.1) is 19.7 Å². The molecule has 30 heavy (non-hydrogen) atoms. The van der Waals surface area contributed by atoms with Gasteiger partial charge in [-0.1, -0.05) is 36.7 Å². The van der Waals surface area contributed by atoms with Crippen molar-refractivity contribution >= 4 is 23.7 Å². The van der Waals surface area contributed by atoms with Crippen molar-refractivity contribution < 1.29 is 28.5 Å². The van der Waals surface area contributed by atoms with Crippen molar-refractivity contribution in [1.82, 2.24) is 4.90 Å². The van der Waals surface area contributed by atoms with Gasteiger partial charge < -0.3 is 18.9 Å². The molecule has 8 heteroatoms. The van der Waals surface area contributed by atoms with Crippen molar-refractivity contribution in [3.05, 3.63) is 58.6 Å². The van der Waals surface area contributed by atoms with Crippen molar-refractivity contribution in [3.63, 3.8) is 0 Å². The number of methoxy groups -OCH3 is 1. The summed E-state index contributed by atoms with van der Waals surface area (Å²) in [5.41, 5.74) is 1.77. The lowest BCUT2D eigenvalue weighted by Crippen LogP contribution is -2.37. The molecule has 1 fully saturated rings. The van der Waals surface area contributed by atoms with Gasteiger partial charge in [-0.2, -0.15) is 0 Å². The molecule has 0 aromatic heterocycles. The van der Waals surface area contributed by atoms with Crippen LogP contribution in [-0.4, -0.2) is 43.3 Å². The number of benzene rings is 2. The zero-order valence-corrected chi connectivity index (χ0v) is 17.4. The number of cyclic esters (lactones) is 1. The second-order valence-electron chi connectivity index (χ2n) is 7.15. The average Bonchev–Trinajstić information content (AvgIpc) is 3.14. The lowest BCUT2D eigenvalue weighted by atomic mass is 10.0. The summed E-state index contributed by atoms with van der Waals surface area (Å²) in [4.78, 5) is 26.0. The summed E-state index contributed by atoms with van der Waals surface area (Å²) in [6, 6.07) is 12.6. The number of rotatable bonds is 5. The molecule has 0 radical (unpaired) electrons. The smallest absolute Gasteiger partial charge is 0.411 e. The molecule has 4 rings (SSSR count). The molecule has 3 atom stereocenters. The molecule has 158 valence electrons. The Kier molecular flexibility index (Phi) is 5.72. The van der Waals surface area contributed by atoms with Gasteiger partial charge >= 0.3 is 12.1 Å². The summed E-state index contributed by atoms with van der Waals surface area (Å²) in [5, 5.41) is 0.603. The number of carbonyl (C=O) groups excluding carboxylic acids is 2. The van der Waals surface area contributed by atoms with Crippen LogP contribution < -0.4 is 9.47 Å². The molecule has 0 spiro atoms. The van der Waals surface area contributed by atoms with Gasteiger partial charge in [-0.25, -0.2) is 9.59 Å². The van der Waals surface area contributed by atoms with Crippen LogP contribution in [0, 0.1) is 0 Å². The second-order valence-corrected chi connectivity index (χ2v) is 7.59. The number of ether oxygens (including phenoxy) is 4. The molecule has 2 aliphatic heterocycles. The van der Waals surface area contributed by atoms with Crippen molar-refractivity contribution in [1.29, 1.82) is 0 Å². The monoisotopic (exact) mass is 431 g/mol. The Hall–Kier alpha value is -2.93. The average molecular weight is 432 g/mol. The Bertz CT molecular complexity index is 964. The third-order valence-corrected chi connectivity index (χ3v) is 5.53. The quantitative estimate of drug-likeness (QED) is 0.657. The molecule has 0 aliphatic carbocycles. The van der Waals surface area contributed by atoms with Gasteiger partial charge in [-0.3, -0.25) is 4.90 Å². The first kappa shape index (κ1) is 20.3. The van der Waals surface area contributed by atoms with E-state index in [1.165, 1.54) is 7.11 Å². The van der Waals surface area contributed by atoms with Crippen LogP contribution in [0.5, 0.6) is 11.5 Å². The lowest BCUT2D eigenvalue weighted by Gasteiger charge is -2.28. The Balaban J connectivity index is 1.53. The molecular weight excluding hydrogens is 410 g/mol. The maximum Gasteiger partial charge on any atom is 0.411 e. The predicted molar refractivity (Wildman–Crippen MR) is 109 cm³/mol. The molecule has 0 bridgehead atoms.